The number of hydrogen-bond acceptors (Lipinski definition) is 4. The van der Waals surface area contributed by atoms with Crippen molar-refractivity contribution in [3.05, 3.63) is 12.7 Å². The summed E-state index contributed by atoms with van der Waals surface area (Å²) in [6.45, 7) is 4.35. The Labute approximate surface area is 94.7 Å². The van der Waals surface area contributed by atoms with E-state index in [2.05, 4.69) is 17.2 Å². The van der Waals surface area contributed by atoms with E-state index < -0.39 is 12.0 Å². The summed E-state index contributed by atoms with van der Waals surface area (Å²) in [5.74, 6) is -1.42. The third kappa shape index (κ3) is 6.97. The van der Waals surface area contributed by atoms with E-state index in [4.69, 9.17) is 9.84 Å². The lowest BCUT2D eigenvalue weighted by atomic mass is 10.2. The van der Waals surface area contributed by atoms with Gasteiger partial charge in [0.25, 0.3) is 0 Å². The highest BCUT2D eigenvalue weighted by Crippen LogP contribution is 1.92. The number of nitrogens with one attached hydrogen (secondary N) is 2. The molecule has 0 aliphatic carbocycles. The molecule has 0 aliphatic heterocycles. The number of amides is 1. The summed E-state index contributed by atoms with van der Waals surface area (Å²) in [5.41, 5.74) is 0. The molecule has 0 saturated heterocycles. The van der Waals surface area contributed by atoms with Crippen molar-refractivity contribution in [1.29, 1.82) is 0 Å². The predicted molar refractivity (Wildman–Crippen MR) is 59.1 cm³/mol. The van der Waals surface area contributed by atoms with E-state index in [1.54, 1.807) is 6.08 Å². The highest BCUT2D eigenvalue weighted by molar-refractivity contribution is 5.84. The summed E-state index contributed by atoms with van der Waals surface area (Å²) in [5, 5.41) is 14.0. The molecule has 1 amide bonds. The molecule has 0 aromatic heterocycles. The van der Waals surface area contributed by atoms with Gasteiger partial charge in [0.1, 0.15) is 6.04 Å². The molecule has 0 aromatic carbocycles. The van der Waals surface area contributed by atoms with E-state index in [-0.39, 0.29) is 25.5 Å². The van der Waals surface area contributed by atoms with Crippen LogP contribution in [0.5, 0.6) is 0 Å². The SMILES string of the molecule is C=CCNCC(=O)NC(CCOC)C(=O)O. The van der Waals surface area contributed by atoms with Crippen LogP contribution in [0.1, 0.15) is 6.42 Å². The van der Waals surface area contributed by atoms with Crippen LogP contribution in [0.2, 0.25) is 0 Å². The lowest BCUT2D eigenvalue weighted by molar-refractivity contribution is -0.142. The Morgan fingerprint density at radius 1 is 1.56 bits per heavy atom. The van der Waals surface area contributed by atoms with Gasteiger partial charge in [-0.05, 0) is 0 Å². The summed E-state index contributed by atoms with van der Waals surface area (Å²) >= 11 is 0. The maximum absolute atomic E-state index is 11.3. The number of ether oxygens (including phenoxy) is 1. The second-order valence-corrected chi connectivity index (χ2v) is 3.16. The third-order valence-corrected chi connectivity index (χ3v) is 1.82. The van der Waals surface area contributed by atoms with Crippen LogP contribution in [-0.4, -0.2) is 49.8 Å². The molecule has 0 heterocycles. The average molecular weight is 230 g/mol. The van der Waals surface area contributed by atoms with Gasteiger partial charge in [-0.15, -0.1) is 6.58 Å². The fraction of sp³-hybridized carbons (Fsp3) is 0.600. The molecule has 6 heteroatoms. The maximum Gasteiger partial charge on any atom is 0.326 e. The molecule has 6 nitrogen and oxygen atoms in total. The normalized spacial score (nSPS) is 11.8. The number of carboxylic acid groups (broad SMARTS) is 1. The molecule has 0 radical (unpaired) electrons. The number of carboxylic acids is 1. The fourth-order valence-electron chi connectivity index (χ4n) is 1.03. The van der Waals surface area contributed by atoms with Crippen molar-refractivity contribution < 1.29 is 19.4 Å². The molecule has 0 spiro atoms. The van der Waals surface area contributed by atoms with Gasteiger partial charge in [-0.25, -0.2) is 4.79 Å². The van der Waals surface area contributed by atoms with E-state index in [0.717, 1.165) is 0 Å². The molecular formula is C10H18N2O4. The Morgan fingerprint density at radius 2 is 2.25 bits per heavy atom. The quantitative estimate of drug-likeness (QED) is 0.362. The summed E-state index contributed by atoms with van der Waals surface area (Å²) in [6, 6.07) is -0.905. The molecule has 16 heavy (non-hydrogen) atoms. The molecular weight excluding hydrogens is 212 g/mol. The van der Waals surface area contributed by atoms with Gasteiger partial charge in [-0.1, -0.05) is 6.08 Å². The van der Waals surface area contributed by atoms with Gasteiger partial charge >= 0.3 is 5.97 Å². The number of carbonyl (C=O) groups is 2. The van der Waals surface area contributed by atoms with E-state index in [9.17, 15) is 9.59 Å². The van der Waals surface area contributed by atoms with E-state index in [0.29, 0.717) is 6.54 Å². The summed E-state index contributed by atoms with van der Waals surface area (Å²) in [6.07, 6.45) is 1.87. The molecule has 0 aliphatic rings. The van der Waals surface area contributed by atoms with Crippen LogP contribution >= 0.6 is 0 Å². The predicted octanol–water partition coefficient (Wildman–Crippen LogP) is -0.632. The van der Waals surface area contributed by atoms with Crippen molar-refractivity contribution in [2.75, 3.05) is 26.8 Å². The number of methoxy groups -OCH3 is 1. The van der Waals surface area contributed by atoms with Crippen molar-refractivity contribution in [3.8, 4) is 0 Å². The van der Waals surface area contributed by atoms with Crippen molar-refractivity contribution in [1.82, 2.24) is 10.6 Å². The molecule has 0 fully saturated rings. The zero-order valence-corrected chi connectivity index (χ0v) is 9.36. The van der Waals surface area contributed by atoms with Gasteiger partial charge in [-0.2, -0.15) is 0 Å². The second kappa shape index (κ2) is 8.87. The van der Waals surface area contributed by atoms with Gasteiger partial charge in [0.2, 0.25) is 5.91 Å². The largest absolute Gasteiger partial charge is 0.480 e. The maximum atomic E-state index is 11.3. The van der Waals surface area contributed by atoms with Crippen LogP contribution in [0.4, 0.5) is 0 Å². The minimum Gasteiger partial charge on any atom is -0.480 e. The van der Waals surface area contributed by atoms with Crippen LogP contribution in [0.15, 0.2) is 12.7 Å². The zero-order chi connectivity index (χ0) is 12.4. The number of rotatable bonds is 9. The summed E-state index contributed by atoms with van der Waals surface area (Å²) in [4.78, 5) is 22.0. The zero-order valence-electron chi connectivity index (χ0n) is 9.36. The van der Waals surface area contributed by atoms with Gasteiger partial charge in [0, 0.05) is 26.7 Å². The first-order valence-electron chi connectivity index (χ1n) is 4.94. The molecule has 0 rings (SSSR count). The smallest absolute Gasteiger partial charge is 0.326 e. The third-order valence-electron chi connectivity index (χ3n) is 1.82. The van der Waals surface area contributed by atoms with E-state index in [1.165, 1.54) is 7.11 Å². The number of carbonyl (C=O) groups excluding carboxylic acids is 1. The van der Waals surface area contributed by atoms with Crippen LogP contribution < -0.4 is 10.6 Å². The average Bonchev–Trinajstić information content (AvgIpc) is 2.24. The lowest BCUT2D eigenvalue weighted by Gasteiger charge is -2.13. The Balaban J connectivity index is 3.92. The topological polar surface area (TPSA) is 87.7 Å². The van der Waals surface area contributed by atoms with Crippen molar-refractivity contribution >= 4 is 11.9 Å². The summed E-state index contributed by atoms with van der Waals surface area (Å²) in [7, 11) is 1.48. The standard InChI is InChI=1S/C10H18N2O4/c1-3-5-11-7-9(13)12-8(10(14)15)4-6-16-2/h3,8,11H,1,4-7H2,2H3,(H,12,13)(H,14,15). The van der Waals surface area contributed by atoms with E-state index in [1.807, 2.05) is 0 Å². The van der Waals surface area contributed by atoms with Gasteiger partial charge in [-0.3, -0.25) is 4.79 Å². The minimum atomic E-state index is -1.06. The Morgan fingerprint density at radius 3 is 2.75 bits per heavy atom. The molecule has 0 aromatic rings. The van der Waals surface area contributed by atoms with E-state index >= 15 is 0 Å². The van der Waals surface area contributed by atoms with Crippen LogP contribution in [0, 0.1) is 0 Å². The minimum absolute atomic E-state index is 0.0722. The molecule has 1 atom stereocenters. The molecule has 3 N–H and O–H groups in total. The van der Waals surface area contributed by atoms with Gasteiger partial charge in [0.05, 0.1) is 6.54 Å². The first-order chi connectivity index (χ1) is 7.61. The summed E-state index contributed by atoms with van der Waals surface area (Å²) < 4.78 is 4.76. The van der Waals surface area contributed by atoms with Crippen molar-refractivity contribution in [3.63, 3.8) is 0 Å². The molecule has 0 bridgehead atoms. The first-order valence-corrected chi connectivity index (χ1v) is 4.94. The lowest BCUT2D eigenvalue weighted by Crippen LogP contribution is -2.45. The Bertz CT molecular complexity index is 243. The van der Waals surface area contributed by atoms with Gasteiger partial charge in [0.15, 0.2) is 0 Å². The molecule has 0 saturated carbocycles. The van der Waals surface area contributed by atoms with Crippen LogP contribution in [0.3, 0.4) is 0 Å². The second-order valence-electron chi connectivity index (χ2n) is 3.16. The Kier molecular flexibility index (Phi) is 8.10. The highest BCUT2D eigenvalue weighted by Gasteiger charge is 2.18. The molecule has 1 unspecified atom stereocenters. The van der Waals surface area contributed by atoms with Crippen LogP contribution in [0.25, 0.3) is 0 Å². The van der Waals surface area contributed by atoms with Crippen LogP contribution in [-0.2, 0) is 14.3 Å². The molecule has 92 valence electrons. The fourth-order valence-corrected chi connectivity index (χ4v) is 1.03. The number of hydrogen-bond donors (Lipinski definition) is 3. The number of aliphatic carboxylic acids is 1. The van der Waals surface area contributed by atoms with Gasteiger partial charge < -0.3 is 20.5 Å². The first kappa shape index (κ1) is 14.6. The highest BCUT2D eigenvalue weighted by atomic mass is 16.5. The van der Waals surface area contributed by atoms with Crippen molar-refractivity contribution in [2.45, 2.75) is 12.5 Å². The Hall–Kier alpha value is -1.40. The van der Waals surface area contributed by atoms with Crippen molar-refractivity contribution in [2.24, 2.45) is 0 Å². The monoisotopic (exact) mass is 230 g/mol.